The fourth-order valence-electron chi connectivity index (χ4n) is 3.72. The monoisotopic (exact) mass is 326 g/mol. The molecule has 3 aromatic heterocycles. The molecule has 0 saturated carbocycles. The van der Waals surface area contributed by atoms with E-state index in [9.17, 15) is 0 Å². The molecule has 0 amide bonds. The van der Waals surface area contributed by atoms with Crippen LogP contribution in [0.3, 0.4) is 0 Å². The van der Waals surface area contributed by atoms with Gasteiger partial charge in [-0.15, -0.1) is 11.6 Å². The zero-order chi connectivity index (χ0) is 16.1. The molecule has 1 aliphatic rings. The molecule has 3 heterocycles. The third-order valence-electron chi connectivity index (χ3n) is 4.80. The fourth-order valence-corrected chi connectivity index (χ4v) is 3.97. The Morgan fingerprint density at radius 3 is 2.87 bits per heavy atom. The van der Waals surface area contributed by atoms with Gasteiger partial charge in [-0.3, -0.25) is 10.1 Å². The van der Waals surface area contributed by atoms with Crippen molar-refractivity contribution in [1.82, 2.24) is 19.7 Å². The van der Waals surface area contributed by atoms with Crippen molar-refractivity contribution in [2.45, 2.75) is 32.7 Å². The first-order chi connectivity index (χ1) is 11.1. The highest BCUT2D eigenvalue weighted by atomic mass is 35.5. The van der Waals surface area contributed by atoms with Crippen LogP contribution >= 0.6 is 11.6 Å². The summed E-state index contributed by atoms with van der Waals surface area (Å²) < 4.78 is 2.35. The van der Waals surface area contributed by atoms with Crippen molar-refractivity contribution in [3.63, 3.8) is 0 Å². The molecule has 4 nitrogen and oxygen atoms in total. The summed E-state index contributed by atoms with van der Waals surface area (Å²) in [4.78, 5) is 4.49. The Labute approximate surface area is 139 Å². The molecule has 0 fully saturated rings. The van der Waals surface area contributed by atoms with Crippen molar-refractivity contribution in [1.29, 1.82) is 0 Å². The number of hydrogen-bond donors (Lipinski definition) is 1. The summed E-state index contributed by atoms with van der Waals surface area (Å²) in [7, 11) is 0. The lowest BCUT2D eigenvalue weighted by Crippen LogP contribution is -2.39. The number of hydrogen-bond acceptors (Lipinski definition) is 2. The van der Waals surface area contributed by atoms with E-state index in [1.54, 1.807) is 0 Å². The summed E-state index contributed by atoms with van der Waals surface area (Å²) in [5, 5.41) is 11.0. The molecule has 0 spiro atoms. The van der Waals surface area contributed by atoms with Crippen LogP contribution in [-0.2, 0) is 6.54 Å². The maximum absolute atomic E-state index is 6.66. The number of nitrogens with one attached hydrogen (secondary N) is 1. The van der Waals surface area contributed by atoms with Crippen molar-refractivity contribution in [3.8, 4) is 0 Å². The van der Waals surface area contributed by atoms with E-state index in [0.29, 0.717) is 0 Å². The second-order valence-corrected chi connectivity index (χ2v) is 6.58. The van der Waals surface area contributed by atoms with Crippen LogP contribution in [0.2, 0.25) is 0 Å². The predicted octanol–water partition coefficient (Wildman–Crippen LogP) is 2.32. The molecule has 2 atom stereocenters. The number of alkyl halides is 1. The number of rotatable bonds is 2. The van der Waals surface area contributed by atoms with Gasteiger partial charge in [-0.05, 0) is 26.0 Å². The smallest absolute Gasteiger partial charge is 0.0904 e. The van der Waals surface area contributed by atoms with E-state index in [0.717, 1.165) is 17.9 Å². The quantitative estimate of drug-likeness (QED) is 0.735. The van der Waals surface area contributed by atoms with Crippen molar-refractivity contribution in [2.75, 3.05) is 0 Å². The Kier molecular flexibility index (Phi) is 3.31. The van der Waals surface area contributed by atoms with Crippen LogP contribution in [0.25, 0.3) is 22.6 Å². The zero-order valence-corrected chi connectivity index (χ0v) is 14.2. The maximum Gasteiger partial charge on any atom is 0.0904 e. The molecule has 1 N–H and O–H groups in total. The van der Waals surface area contributed by atoms with E-state index in [-0.39, 0.29) is 11.3 Å². The Hall–Kier alpha value is -2.07. The van der Waals surface area contributed by atoms with Crippen LogP contribution in [0.4, 0.5) is 0 Å². The van der Waals surface area contributed by atoms with Crippen molar-refractivity contribution < 1.29 is 0 Å². The van der Waals surface area contributed by atoms with E-state index in [1.165, 1.54) is 27.0 Å². The number of aromatic amines is 1. The highest BCUT2D eigenvalue weighted by Gasteiger charge is 2.27. The number of fused-ring (bicyclic) bond motifs is 3. The van der Waals surface area contributed by atoms with Gasteiger partial charge < -0.3 is 4.57 Å². The van der Waals surface area contributed by atoms with Crippen LogP contribution in [-0.4, -0.2) is 25.1 Å². The largest absolute Gasteiger partial charge is 0.339 e. The van der Waals surface area contributed by atoms with Crippen LogP contribution in [0.15, 0.2) is 24.5 Å². The summed E-state index contributed by atoms with van der Waals surface area (Å²) >= 11 is 6.66. The van der Waals surface area contributed by atoms with Gasteiger partial charge in [0.25, 0.3) is 0 Å². The Morgan fingerprint density at radius 1 is 1.35 bits per heavy atom. The summed E-state index contributed by atoms with van der Waals surface area (Å²) in [5.41, 5.74) is 4.43. The van der Waals surface area contributed by atoms with Crippen LogP contribution < -0.4 is 10.6 Å². The Morgan fingerprint density at radius 2 is 2.17 bits per heavy atom. The van der Waals surface area contributed by atoms with Gasteiger partial charge in [0.2, 0.25) is 0 Å². The molecule has 4 rings (SSSR count). The van der Waals surface area contributed by atoms with Gasteiger partial charge in [0.15, 0.2) is 0 Å². The minimum Gasteiger partial charge on any atom is -0.339 e. The molecule has 1 aliphatic carbocycles. The first-order valence-electron chi connectivity index (χ1n) is 7.97. The molecule has 0 aromatic carbocycles. The van der Waals surface area contributed by atoms with Crippen molar-refractivity contribution in [2.24, 2.45) is 5.92 Å². The predicted molar refractivity (Wildman–Crippen MR) is 93.8 cm³/mol. The standard InChI is InChI=1S/C18H19ClN4/c1-4-23-17-11(3)20-7-5-12(17)13-9-14(19)10(2)16(18(13)23)15-6-8-21-22-15/h5-10,14H,4H2,1-3H3,(H,21,22). The van der Waals surface area contributed by atoms with E-state index in [2.05, 4.69) is 52.7 Å². The van der Waals surface area contributed by atoms with Crippen LogP contribution in [0.5, 0.6) is 0 Å². The second-order valence-electron chi connectivity index (χ2n) is 6.07. The minimum absolute atomic E-state index is 0.0430. The molecule has 23 heavy (non-hydrogen) atoms. The maximum atomic E-state index is 6.66. The average molecular weight is 327 g/mol. The number of pyridine rings is 1. The van der Waals surface area contributed by atoms with Gasteiger partial charge in [0.1, 0.15) is 0 Å². The summed E-state index contributed by atoms with van der Waals surface area (Å²) in [6, 6.07) is 4.11. The molecule has 3 aromatic rings. The van der Waals surface area contributed by atoms with Crippen LogP contribution in [0, 0.1) is 12.8 Å². The van der Waals surface area contributed by atoms with E-state index in [4.69, 9.17) is 11.6 Å². The third kappa shape index (κ3) is 1.98. The molecule has 0 aliphatic heterocycles. The fraction of sp³-hybridized carbons (Fsp3) is 0.333. The van der Waals surface area contributed by atoms with Crippen molar-refractivity contribution in [3.05, 3.63) is 46.5 Å². The number of nitrogens with zero attached hydrogens (tertiary/aromatic N) is 3. The first-order valence-corrected chi connectivity index (χ1v) is 8.41. The first kappa shape index (κ1) is 14.5. The average Bonchev–Trinajstić information content (AvgIpc) is 3.16. The van der Waals surface area contributed by atoms with E-state index in [1.807, 2.05) is 18.5 Å². The van der Waals surface area contributed by atoms with E-state index < -0.39 is 0 Å². The molecule has 0 radical (unpaired) electrons. The lowest BCUT2D eigenvalue weighted by Gasteiger charge is -2.21. The number of aryl methyl sites for hydroxylation is 2. The second kappa shape index (κ2) is 5.24. The molecule has 0 saturated heterocycles. The van der Waals surface area contributed by atoms with E-state index >= 15 is 0 Å². The lowest BCUT2D eigenvalue weighted by atomic mass is 9.89. The number of aromatic nitrogens is 4. The highest BCUT2D eigenvalue weighted by Crippen LogP contribution is 2.28. The number of halogens is 1. The van der Waals surface area contributed by atoms with Gasteiger partial charge in [0.05, 0.1) is 27.6 Å². The summed E-state index contributed by atoms with van der Waals surface area (Å²) in [5.74, 6) is 0.204. The Bertz CT molecular complexity index is 998. The normalized spacial score (nSPS) is 20.6. The third-order valence-corrected chi connectivity index (χ3v) is 5.30. The topological polar surface area (TPSA) is 46.5 Å². The molecule has 118 valence electrons. The lowest BCUT2D eigenvalue weighted by molar-refractivity contribution is 0.721. The molecular weight excluding hydrogens is 308 g/mol. The highest BCUT2D eigenvalue weighted by molar-refractivity contribution is 6.25. The summed E-state index contributed by atoms with van der Waals surface area (Å²) in [6.45, 7) is 7.30. The van der Waals surface area contributed by atoms with Gasteiger partial charge in [-0.25, -0.2) is 0 Å². The minimum atomic E-state index is -0.0430. The zero-order valence-electron chi connectivity index (χ0n) is 13.5. The number of H-pyrrole nitrogens is 1. The molecule has 0 bridgehead atoms. The van der Waals surface area contributed by atoms with Crippen molar-refractivity contribution >= 4 is 34.2 Å². The van der Waals surface area contributed by atoms with Gasteiger partial charge >= 0.3 is 0 Å². The SMILES string of the molecule is CCn1c2c(c3ccnc(C)c31)=CC(Cl)C(C)C=2c1cc[nH]n1. The van der Waals surface area contributed by atoms with Gasteiger partial charge in [-0.2, -0.15) is 5.10 Å². The Balaban J connectivity index is 2.30. The van der Waals surface area contributed by atoms with Gasteiger partial charge in [0, 0.05) is 41.0 Å². The summed E-state index contributed by atoms with van der Waals surface area (Å²) in [6.07, 6.45) is 5.93. The molecular formula is C18H19ClN4. The molecule has 5 heteroatoms. The molecule has 2 unspecified atom stereocenters. The van der Waals surface area contributed by atoms with Gasteiger partial charge in [-0.1, -0.05) is 13.0 Å². The van der Waals surface area contributed by atoms with Crippen LogP contribution in [0.1, 0.15) is 25.2 Å².